The Morgan fingerprint density at radius 3 is 2.30 bits per heavy atom. The first-order valence-electron chi connectivity index (χ1n) is 8.26. The Morgan fingerprint density at radius 2 is 1.65 bits per heavy atom. The molecule has 0 N–H and O–H groups in total. The van der Waals surface area contributed by atoms with Gasteiger partial charge in [-0.2, -0.15) is 0 Å². The summed E-state index contributed by atoms with van der Waals surface area (Å²) in [7, 11) is 1.76. The summed E-state index contributed by atoms with van der Waals surface area (Å²) in [5.74, 6) is -0.129. The van der Waals surface area contributed by atoms with Crippen LogP contribution in [-0.4, -0.2) is 30.7 Å². The summed E-state index contributed by atoms with van der Waals surface area (Å²) in [4.78, 5) is 2.45. The van der Waals surface area contributed by atoms with Gasteiger partial charge in [0.2, 0.25) is 0 Å². The van der Waals surface area contributed by atoms with Gasteiger partial charge in [-0.25, -0.2) is 4.39 Å². The molecule has 1 saturated heterocycles. The van der Waals surface area contributed by atoms with Gasteiger partial charge in [-0.05, 0) is 30.0 Å². The molecule has 0 bridgehead atoms. The molecule has 2 aromatic carbocycles. The maximum Gasteiger partial charge on any atom is 0.126 e. The fourth-order valence-corrected chi connectivity index (χ4v) is 3.40. The molecule has 1 heterocycles. The van der Waals surface area contributed by atoms with Crippen molar-refractivity contribution >= 4 is 0 Å². The van der Waals surface area contributed by atoms with Crippen LogP contribution in [-0.2, 0) is 17.7 Å². The largest absolute Gasteiger partial charge is 0.378 e. The summed E-state index contributed by atoms with van der Waals surface area (Å²) >= 11 is 0. The van der Waals surface area contributed by atoms with Gasteiger partial charge in [0.1, 0.15) is 5.82 Å². The van der Waals surface area contributed by atoms with Crippen LogP contribution in [0.5, 0.6) is 0 Å². The average Bonchev–Trinajstić information content (AvgIpc) is 2.60. The van der Waals surface area contributed by atoms with E-state index in [0.29, 0.717) is 6.42 Å². The lowest BCUT2D eigenvalue weighted by Gasteiger charge is -2.41. The first-order chi connectivity index (χ1) is 11.2. The predicted molar refractivity (Wildman–Crippen MR) is 90.8 cm³/mol. The van der Waals surface area contributed by atoms with Gasteiger partial charge in [0, 0.05) is 33.2 Å². The van der Waals surface area contributed by atoms with Gasteiger partial charge in [-0.15, -0.1) is 0 Å². The van der Waals surface area contributed by atoms with E-state index in [4.69, 9.17) is 4.74 Å². The van der Waals surface area contributed by atoms with Crippen LogP contribution in [0.1, 0.15) is 24.0 Å². The molecule has 1 aliphatic rings. The topological polar surface area (TPSA) is 12.5 Å². The normalized spacial score (nSPS) is 18.0. The fraction of sp³-hybridized carbons (Fsp3) is 0.400. The summed E-state index contributed by atoms with van der Waals surface area (Å²) in [6.07, 6.45) is 2.52. The first-order valence-corrected chi connectivity index (χ1v) is 8.26. The standard InChI is InChI=1S/C20H24FNO/c1-23-20(15-18-9-5-6-10-19(18)21)11-13-22(14-12-20)16-17-7-3-2-4-8-17/h2-10H,11-16H2,1H3. The first kappa shape index (κ1) is 16.2. The molecule has 1 fully saturated rings. The Hall–Kier alpha value is -1.71. The minimum absolute atomic E-state index is 0.129. The van der Waals surface area contributed by atoms with Crippen LogP contribution in [0, 0.1) is 5.82 Å². The molecule has 0 aliphatic carbocycles. The average molecular weight is 313 g/mol. The van der Waals surface area contributed by atoms with Crippen molar-refractivity contribution in [1.82, 2.24) is 4.90 Å². The summed E-state index contributed by atoms with van der Waals surface area (Å²) in [5.41, 5.74) is 1.85. The van der Waals surface area contributed by atoms with Crippen molar-refractivity contribution in [1.29, 1.82) is 0 Å². The molecule has 3 heteroatoms. The van der Waals surface area contributed by atoms with Crippen LogP contribution in [0.25, 0.3) is 0 Å². The van der Waals surface area contributed by atoms with Crippen LogP contribution in [0.3, 0.4) is 0 Å². The zero-order valence-electron chi connectivity index (χ0n) is 13.7. The van der Waals surface area contributed by atoms with Gasteiger partial charge in [0.15, 0.2) is 0 Å². The fourth-order valence-electron chi connectivity index (χ4n) is 3.40. The zero-order chi connectivity index (χ0) is 16.1. The number of methoxy groups -OCH3 is 1. The molecule has 0 unspecified atom stereocenters. The van der Waals surface area contributed by atoms with Gasteiger partial charge < -0.3 is 4.74 Å². The summed E-state index contributed by atoms with van der Waals surface area (Å²) in [5, 5.41) is 0. The number of nitrogens with zero attached hydrogens (tertiary/aromatic N) is 1. The molecule has 3 rings (SSSR count). The highest BCUT2D eigenvalue weighted by atomic mass is 19.1. The number of hydrogen-bond acceptors (Lipinski definition) is 2. The van der Waals surface area contributed by atoms with E-state index in [1.54, 1.807) is 13.2 Å². The molecule has 1 aliphatic heterocycles. The highest BCUT2D eigenvalue weighted by Gasteiger charge is 2.35. The van der Waals surface area contributed by atoms with Crippen molar-refractivity contribution in [3.8, 4) is 0 Å². The lowest BCUT2D eigenvalue weighted by atomic mass is 9.84. The third kappa shape index (κ3) is 3.98. The molecule has 2 aromatic rings. The van der Waals surface area contributed by atoms with Crippen LogP contribution >= 0.6 is 0 Å². The summed E-state index contributed by atoms with van der Waals surface area (Å²) in [6, 6.07) is 17.6. The minimum atomic E-state index is -0.241. The van der Waals surface area contributed by atoms with Crippen molar-refractivity contribution in [2.24, 2.45) is 0 Å². The van der Waals surface area contributed by atoms with E-state index in [-0.39, 0.29) is 11.4 Å². The molecule has 0 radical (unpaired) electrons. The van der Waals surface area contributed by atoms with Crippen LogP contribution in [0.2, 0.25) is 0 Å². The van der Waals surface area contributed by atoms with E-state index in [0.717, 1.165) is 38.0 Å². The van der Waals surface area contributed by atoms with Gasteiger partial charge in [-0.3, -0.25) is 4.90 Å². The Morgan fingerprint density at radius 1 is 1.00 bits per heavy atom. The van der Waals surface area contributed by atoms with Gasteiger partial charge in [-0.1, -0.05) is 48.5 Å². The molecule has 122 valence electrons. The van der Waals surface area contributed by atoms with E-state index in [1.165, 1.54) is 11.6 Å². The quantitative estimate of drug-likeness (QED) is 0.826. The smallest absolute Gasteiger partial charge is 0.126 e. The van der Waals surface area contributed by atoms with Crippen molar-refractivity contribution in [2.45, 2.75) is 31.4 Å². The third-order valence-corrected chi connectivity index (χ3v) is 4.92. The molecule has 0 saturated carbocycles. The second-order valence-electron chi connectivity index (χ2n) is 6.42. The van der Waals surface area contributed by atoms with Crippen molar-refractivity contribution < 1.29 is 9.13 Å². The number of likely N-dealkylation sites (tertiary alicyclic amines) is 1. The Kier molecular flexibility index (Phi) is 5.09. The minimum Gasteiger partial charge on any atom is -0.378 e. The molecule has 0 amide bonds. The van der Waals surface area contributed by atoms with E-state index >= 15 is 0 Å². The van der Waals surface area contributed by atoms with E-state index in [2.05, 4.69) is 29.2 Å². The SMILES string of the molecule is COC1(Cc2ccccc2F)CCN(Cc2ccccc2)CC1. The lowest BCUT2D eigenvalue weighted by molar-refractivity contribution is -0.0582. The second kappa shape index (κ2) is 7.24. The van der Waals surface area contributed by atoms with Crippen molar-refractivity contribution in [3.05, 3.63) is 71.5 Å². The highest BCUT2D eigenvalue weighted by Crippen LogP contribution is 2.31. The van der Waals surface area contributed by atoms with Crippen molar-refractivity contribution in [3.63, 3.8) is 0 Å². The molecule has 0 atom stereocenters. The second-order valence-corrected chi connectivity index (χ2v) is 6.42. The number of piperidine rings is 1. The Bertz CT molecular complexity index is 621. The van der Waals surface area contributed by atoms with E-state index in [9.17, 15) is 4.39 Å². The number of hydrogen-bond donors (Lipinski definition) is 0. The molecule has 23 heavy (non-hydrogen) atoms. The number of halogens is 1. The maximum atomic E-state index is 13.9. The molecule has 0 spiro atoms. The molecular weight excluding hydrogens is 289 g/mol. The number of benzene rings is 2. The van der Waals surface area contributed by atoms with Gasteiger partial charge >= 0.3 is 0 Å². The van der Waals surface area contributed by atoms with Gasteiger partial charge in [0.25, 0.3) is 0 Å². The molecule has 2 nitrogen and oxygen atoms in total. The molecule has 0 aromatic heterocycles. The van der Waals surface area contributed by atoms with Crippen LogP contribution in [0.4, 0.5) is 4.39 Å². The third-order valence-electron chi connectivity index (χ3n) is 4.92. The van der Waals surface area contributed by atoms with Crippen molar-refractivity contribution in [2.75, 3.05) is 20.2 Å². The lowest BCUT2D eigenvalue weighted by Crippen LogP contribution is -2.46. The van der Waals surface area contributed by atoms with Crippen LogP contribution in [0.15, 0.2) is 54.6 Å². The molecular formula is C20H24FNO. The number of rotatable bonds is 5. The van der Waals surface area contributed by atoms with E-state index < -0.39 is 0 Å². The summed E-state index contributed by atoms with van der Waals surface area (Å²) in [6.45, 7) is 2.94. The summed E-state index contributed by atoms with van der Waals surface area (Å²) < 4.78 is 19.8. The zero-order valence-corrected chi connectivity index (χ0v) is 13.7. The van der Waals surface area contributed by atoms with E-state index in [1.807, 2.05) is 18.2 Å². The number of ether oxygens (including phenoxy) is 1. The Labute approximate surface area is 137 Å². The Balaban J connectivity index is 1.62. The highest BCUT2D eigenvalue weighted by molar-refractivity contribution is 5.20. The monoisotopic (exact) mass is 313 g/mol. The van der Waals surface area contributed by atoms with Gasteiger partial charge in [0.05, 0.1) is 5.60 Å². The van der Waals surface area contributed by atoms with Crippen LogP contribution < -0.4 is 0 Å². The predicted octanol–water partition coefficient (Wildman–Crippen LogP) is 4.05. The maximum absolute atomic E-state index is 13.9.